The fourth-order valence-corrected chi connectivity index (χ4v) is 3.74. The van der Waals surface area contributed by atoms with Crippen molar-refractivity contribution in [3.8, 4) is 10.4 Å². The van der Waals surface area contributed by atoms with E-state index < -0.39 is 0 Å². The van der Waals surface area contributed by atoms with Crippen molar-refractivity contribution in [1.29, 1.82) is 0 Å². The van der Waals surface area contributed by atoms with Crippen LogP contribution in [-0.2, 0) is 4.74 Å². The van der Waals surface area contributed by atoms with Gasteiger partial charge < -0.3 is 9.64 Å². The number of hydrogen-bond donors (Lipinski definition) is 0. The zero-order valence-electron chi connectivity index (χ0n) is 13.1. The molecule has 2 heterocycles. The summed E-state index contributed by atoms with van der Waals surface area (Å²) in [5, 5.41) is 2.07. The zero-order valence-corrected chi connectivity index (χ0v) is 13.9. The second kappa shape index (κ2) is 6.46. The molecular formula is C19H21NO2S. The van der Waals surface area contributed by atoms with Gasteiger partial charge in [0.1, 0.15) is 0 Å². The van der Waals surface area contributed by atoms with Crippen molar-refractivity contribution < 1.29 is 9.53 Å². The van der Waals surface area contributed by atoms with Gasteiger partial charge in [-0.15, -0.1) is 11.3 Å². The number of amides is 1. The maximum atomic E-state index is 12.6. The van der Waals surface area contributed by atoms with E-state index in [0.717, 1.165) is 37.6 Å². The molecule has 2 fully saturated rings. The van der Waals surface area contributed by atoms with E-state index in [1.165, 1.54) is 23.3 Å². The highest BCUT2D eigenvalue weighted by Gasteiger charge is 2.29. The third kappa shape index (κ3) is 3.48. The fraction of sp³-hybridized carbons (Fsp3) is 0.421. The second-order valence-electron chi connectivity index (χ2n) is 6.49. The first-order valence-corrected chi connectivity index (χ1v) is 9.22. The first-order chi connectivity index (χ1) is 11.3. The van der Waals surface area contributed by atoms with E-state index in [-0.39, 0.29) is 12.0 Å². The third-order valence-electron chi connectivity index (χ3n) is 4.63. The van der Waals surface area contributed by atoms with Crippen LogP contribution < -0.4 is 0 Å². The zero-order chi connectivity index (χ0) is 15.6. The Bertz CT molecular complexity index is 661. The number of nitrogens with zero attached hydrogens (tertiary/aromatic N) is 1. The van der Waals surface area contributed by atoms with Gasteiger partial charge in [-0.2, -0.15) is 0 Å². The van der Waals surface area contributed by atoms with Crippen LogP contribution in [0.15, 0.2) is 41.8 Å². The Morgan fingerprint density at radius 1 is 1.17 bits per heavy atom. The van der Waals surface area contributed by atoms with Crippen LogP contribution in [0.1, 0.15) is 29.6 Å². The average Bonchev–Trinajstić information content (AvgIpc) is 3.07. The number of carbonyl (C=O) groups excluding carboxylic acids is 1. The summed E-state index contributed by atoms with van der Waals surface area (Å²) in [5.74, 6) is 0.907. The first-order valence-electron chi connectivity index (χ1n) is 8.34. The van der Waals surface area contributed by atoms with Crippen molar-refractivity contribution in [3.63, 3.8) is 0 Å². The molecule has 2 aromatic rings. The Balaban J connectivity index is 1.36. The van der Waals surface area contributed by atoms with E-state index in [0.29, 0.717) is 0 Å². The molecule has 3 nitrogen and oxygen atoms in total. The molecule has 120 valence electrons. The third-order valence-corrected chi connectivity index (χ3v) is 5.55. The lowest BCUT2D eigenvalue weighted by Gasteiger charge is -2.17. The number of thiophene rings is 1. The number of benzene rings is 1. The lowest BCUT2D eigenvalue weighted by molar-refractivity contribution is 0.0480. The quantitative estimate of drug-likeness (QED) is 0.829. The molecule has 2 aliphatic rings. The number of likely N-dealkylation sites (tertiary alicyclic amines) is 1. The maximum absolute atomic E-state index is 12.6. The van der Waals surface area contributed by atoms with Crippen LogP contribution in [-0.4, -0.2) is 36.6 Å². The van der Waals surface area contributed by atoms with Gasteiger partial charge in [-0.3, -0.25) is 4.79 Å². The van der Waals surface area contributed by atoms with Crippen LogP contribution in [0.2, 0.25) is 0 Å². The molecule has 1 aliphatic carbocycles. The summed E-state index contributed by atoms with van der Waals surface area (Å²) in [6, 6.07) is 12.1. The van der Waals surface area contributed by atoms with Gasteiger partial charge in [0.15, 0.2) is 0 Å². The topological polar surface area (TPSA) is 29.5 Å². The Morgan fingerprint density at radius 3 is 2.70 bits per heavy atom. The summed E-state index contributed by atoms with van der Waals surface area (Å²) in [6.07, 6.45) is 3.81. The van der Waals surface area contributed by atoms with Crippen molar-refractivity contribution in [3.05, 3.63) is 47.3 Å². The Kier molecular flexibility index (Phi) is 4.19. The van der Waals surface area contributed by atoms with Gasteiger partial charge >= 0.3 is 0 Å². The van der Waals surface area contributed by atoms with Crippen LogP contribution in [0.4, 0.5) is 0 Å². The van der Waals surface area contributed by atoms with E-state index in [1.54, 1.807) is 11.3 Å². The molecule has 0 unspecified atom stereocenters. The minimum atomic E-state index is 0.125. The largest absolute Gasteiger partial charge is 0.376 e. The van der Waals surface area contributed by atoms with E-state index in [1.807, 2.05) is 35.2 Å². The van der Waals surface area contributed by atoms with E-state index in [2.05, 4.69) is 11.4 Å². The molecule has 0 radical (unpaired) electrons. The van der Waals surface area contributed by atoms with Crippen LogP contribution >= 0.6 is 11.3 Å². The lowest BCUT2D eigenvalue weighted by Crippen LogP contribution is -2.30. The van der Waals surface area contributed by atoms with Gasteiger partial charge in [-0.1, -0.05) is 18.2 Å². The summed E-state index contributed by atoms with van der Waals surface area (Å²) < 4.78 is 5.92. The first kappa shape index (κ1) is 14.9. The minimum Gasteiger partial charge on any atom is -0.376 e. The summed E-state index contributed by atoms with van der Waals surface area (Å²) in [4.78, 5) is 15.8. The molecule has 0 spiro atoms. The molecule has 1 atom stereocenters. The molecule has 1 saturated heterocycles. The van der Waals surface area contributed by atoms with Crippen molar-refractivity contribution in [1.82, 2.24) is 4.90 Å². The molecule has 0 bridgehead atoms. The smallest absolute Gasteiger partial charge is 0.253 e. The van der Waals surface area contributed by atoms with E-state index >= 15 is 0 Å². The maximum Gasteiger partial charge on any atom is 0.253 e. The van der Waals surface area contributed by atoms with Gasteiger partial charge in [0.25, 0.3) is 5.91 Å². The molecule has 23 heavy (non-hydrogen) atoms. The summed E-state index contributed by atoms with van der Waals surface area (Å²) >= 11 is 1.72. The molecule has 1 aliphatic heterocycles. The van der Waals surface area contributed by atoms with Crippen molar-refractivity contribution in [2.75, 3.05) is 19.7 Å². The number of rotatable bonds is 5. The highest BCUT2D eigenvalue weighted by atomic mass is 32.1. The van der Waals surface area contributed by atoms with Crippen LogP contribution in [0, 0.1) is 5.92 Å². The molecule has 1 aromatic carbocycles. The average molecular weight is 327 g/mol. The Morgan fingerprint density at radius 2 is 2.00 bits per heavy atom. The molecule has 0 N–H and O–H groups in total. The standard InChI is InChI=1S/C19H21NO2S/c21-19(20-10-9-17(12-20)22-13-14-3-4-14)16-7-5-15(6-8-16)18-2-1-11-23-18/h1-2,5-8,11,14,17H,3-4,9-10,12-13H2/t17-/m1/s1. The summed E-state index contributed by atoms with van der Waals surface area (Å²) in [6.45, 7) is 2.42. The highest BCUT2D eigenvalue weighted by Crippen LogP contribution is 2.30. The molecule has 1 saturated carbocycles. The van der Waals surface area contributed by atoms with Crippen molar-refractivity contribution >= 4 is 17.2 Å². The normalized spacial score (nSPS) is 20.9. The number of carbonyl (C=O) groups is 1. The van der Waals surface area contributed by atoms with Crippen molar-refractivity contribution in [2.45, 2.75) is 25.4 Å². The van der Waals surface area contributed by atoms with E-state index in [4.69, 9.17) is 4.74 Å². The van der Waals surface area contributed by atoms with Crippen LogP contribution in [0.5, 0.6) is 0 Å². The van der Waals surface area contributed by atoms with Gasteiger partial charge in [-0.05, 0) is 54.3 Å². The Labute approximate surface area is 140 Å². The lowest BCUT2D eigenvalue weighted by atomic mass is 10.1. The molecule has 4 heteroatoms. The fourth-order valence-electron chi connectivity index (χ4n) is 3.01. The van der Waals surface area contributed by atoms with Crippen LogP contribution in [0.3, 0.4) is 0 Å². The predicted molar refractivity (Wildman–Crippen MR) is 92.7 cm³/mol. The SMILES string of the molecule is O=C(c1ccc(-c2cccs2)cc1)N1CC[C@@H](OCC2CC2)C1. The monoisotopic (exact) mass is 327 g/mol. The van der Waals surface area contributed by atoms with Gasteiger partial charge in [0.2, 0.25) is 0 Å². The highest BCUT2D eigenvalue weighted by molar-refractivity contribution is 7.13. The molecule has 4 rings (SSSR count). The van der Waals surface area contributed by atoms with Crippen LogP contribution in [0.25, 0.3) is 10.4 Å². The summed E-state index contributed by atoms with van der Waals surface area (Å²) in [5.41, 5.74) is 1.94. The Hall–Kier alpha value is -1.65. The van der Waals surface area contributed by atoms with Crippen molar-refractivity contribution in [2.24, 2.45) is 5.92 Å². The second-order valence-corrected chi connectivity index (χ2v) is 7.44. The van der Waals surface area contributed by atoms with Gasteiger partial charge in [0.05, 0.1) is 6.10 Å². The van der Waals surface area contributed by atoms with Gasteiger partial charge in [0, 0.05) is 30.1 Å². The number of ether oxygens (including phenoxy) is 1. The molecular weight excluding hydrogens is 306 g/mol. The number of hydrogen-bond acceptors (Lipinski definition) is 3. The van der Waals surface area contributed by atoms with Gasteiger partial charge in [-0.25, -0.2) is 0 Å². The molecule has 1 amide bonds. The van der Waals surface area contributed by atoms with E-state index in [9.17, 15) is 4.79 Å². The predicted octanol–water partition coefficient (Wildman–Crippen LogP) is 4.06. The molecule has 1 aromatic heterocycles. The minimum absolute atomic E-state index is 0.125. The summed E-state index contributed by atoms with van der Waals surface area (Å²) in [7, 11) is 0.